The molecule has 4 nitrogen and oxygen atoms in total. The third-order valence-corrected chi connectivity index (χ3v) is 5.11. The van der Waals surface area contributed by atoms with Crippen molar-refractivity contribution in [1.82, 2.24) is 9.78 Å². The van der Waals surface area contributed by atoms with E-state index in [0.717, 1.165) is 32.3 Å². The molecule has 0 bridgehead atoms. The minimum atomic E-state index is -0.638. The lowest BCUT2D eigenvalue weighted by atomic mass is 10.1. The zero-order valence-electron chi connectivity index (χ0n) is 14.6. The van der Waals surface area contributed by atoms with Crippen LogP contribution >= 0.6 is 15.9 Å². The molecule has 5 heteroatoms. The summed E-state index contributed by atoms with van der Waals surface area (Å²) in [5.74, 6) is 0.781. The van der Waals surface area contributed by atoms with Gasteiger partial charge < -0.3 is 9.84 Å². The van der Waals surface area contributed by atoms with Crippen LogP contribution < -0.4 is 4.74 Å². The van der Waals surface area contributed by atoms with Crippen molar-refractivity contribution in [3.8, 4) is 5.75 Å². The van der Waals surface area contributed by atoms with Crippen molar-refractivity contribution >= 4 is 26.8 Å². The Hall–Kier alpha value is -2.63. The molecule has 27 heavy (non-hydrogen) atoms. The summed E-state index contributed by atoms with van der Waals surface area (Å²) in [7, 11) is 0. The molecule has 0 saturated heterocycles. The van der Waals surface area contributed by atoms with Crippen LogP contribution in [0, 0.1) is 0 Å². The predicted octanol–water partition coefficient (Wildman–Crippen LogP) is 5.11. The van der Waals surface area contributed by atoms with E-state index in [1.807, 2.05) is 79.0 Å². The van der Waals surface area contributed by atoms with Crippen molar-refractivity contribution in [3.05, 3.63) is 94.6 Å². The molecule has 0 spiro atoms. The van der Waals surface area contributed by atoms with Crippen molar-refractivity contribution in [2.24, 2.45) is 0 Å². The van der Waals surface area contributed by atoms with Crippen LogP contribution in [0.1, 0.15) is 17.2 Å². The number of hydrogen-bond acceptors (Lipinski definition) is 3. The second-order valence-corrected chi connectivity index (χ2v) is 7.24. The summed E-state index contributed by atoms with van der Waals surface area (Å²) in [6, 6.07) is 23.5. The third-order valence-electron chi connectivity index (χ3n) is 4.42. The van der Waals surface area contributed by atoms with Gasteiger partial charge in [0.25, 0.3) is 0 Å². The minimum absolute atomic E-state index is 0.394. The standard InChI is InChI=1S/C22H19BrN2O2/c23-20-7-4-8-21-19(20)13-25(24-21)14-22(26)17-9-11-18(12-10-17)27-15-16-5-2-1-3-6-16/h1-13,22,26H,14-15H2/t22-/m0/s1. The van der Waals surface area contributed by atoms with Gasteiger partial charge in [0, 0.05) is 16.1 Å². The van der Waals surface area contributed by atoms with Gasteiger partial charge in [0.05, 0.1) is 18.2 Å². The maximum atomic E-state index is 10.6. The first-order chi connectivity index (χ1) is 13.2. The number of halogens is 1. The van der Waals surface area contributed by atoms with Crippen LogP contribution in [0.5, 0.6) is 5.75 Å². The van der Waals surface area contributed by atoms with E-state index in [4.69, 9.17) is 4.74 Å². The minimum Gasteiger partial charge on any atom is -0.489 e. The summed E-state index contributed by atoms with van der Waals surface area (Å²) in [5.41, 5.74) is 2.86. The average molecular weight is 423 g/mol. The highest BCUT2D eigenvalue weighted by atomic mass is 79.9. The first kappa shape index (κ1) is 17.8. The first-order valence-electron chi connectivity index (χ1n) is 8.75. The zero-order valence-corrected chi connectivity index (χ0v) is 16.2. The SMILES string of the molecule is O[C@@H](Cn1cc2c(Br)cccc2n1)c1ccc(OCc2ccccc2)cc1. The molecule has 1 atom stereocenters. The number of aromatic nitrogens is 2. The number of aliphatic hydroxyl groups excluding tert-OH is 1. The lowest BCUT2D eigenvalue weighted by molar-refractivity contribution is 0.151. The number of aliphatic hydroxyl groups is 1. The molecule has 1 heterocycles. The van der Waals surface area contributed by atoms with Crippen molar-refractivity contribution < 1.29 is 9.84 Å². The fraction of sp³-hybridized carbons (Fsp3) is 0.136. The van der Waals surface area contributed by atoms with Crippen LogP contribution in [0.25, 0.3) is 10.9 Å². The molecule has 4 aromatic rings. The lowest BCUT2D eigenvalue weighted by Crippen LogP contribution is -2.09. The van der Waals surface area contributed by atoms with E-state index < -0.39 is 6.10 Å². The fourth-order valence-corrected chi connectivity index (χ4v) is 3.42. The Morgan fingerprint density at radius 2 is 1.74 bits per heavy atom. The molecule has 0 aliphatic rings. The number of hydrogen-bond donors (Lipinski definition) is 1. The quantitative estimate of drug-likeness (QED) is 0.469. The fourth-order valence-electron chi connectivity index (χ4n) is 2.96. The van der Waals surface area contributed by atoms with Gasteiger partial charge >= 0.3 is 0 Å². The van der Waals surface area contributed by atoms with Crippen molar-refractivity contribution in [1.29, 1.82) is 0 Å². The number of nitrogens with zero attached hydrogens (tertiary/aromatic N) is 2. The zero-order chi connectivity index (χ0) is 18.6. The molecule has 0 aliphatic carbocycles. The van der Waals surface area contributed by atoms with E-state index in [9.17, 15) is 5.11 Å². The summed E-state index contributed by atoms with van der Waals surface area (Å²) >= 11 is 3.53. The predicted molar refractivity (Wildman–Crippen MR) is 110 cm³/mol. The molecule has 0 aliphatic heterocycles. The van der Waals surface area contributed by atoms with Crippen LogP contribution in [0.3, 0.4) is 0 Å². The van der Waals surface area contributed by atoms with Crippen molar-refractivity contribution in [2.45, 2.75) is 19.3 Å². The molecule has 1 N–H and O–H groups in total. The first-order valence-corrected chi connectivity index (χ1v) is 9.55. The van der Waals surface area contributed by atoms with Crippen LogP contribution in [0.4, 0.5) is 0 Å². The Kier molecular flexibility index (Phi) is 5.23. The molecular formula is C22H19BrN2O2. The summed E-state index contributed by atoms with van der Waals surface area (Å²) < 4.78 is 8.57. The number of rotatable bonds is 6. The Bertz CT molecular complexity index is 1030. The van der Waals surface area contributed by atoms with Gasteiger partial charge in [-0.3, -0.25) is 4.68 Å². The number of fused-ring (bicyclic) bond motifs is 1. The highest BCUT2D eigenvalue weighted by Crippen LogP contribution is 2.24. The van der Waals surface area contributed by atoms with Gasteiger partial charge in [0.15, 0.2) is 0 Å². The largest absolute Gasteiger partial charge is 0.489 e. The van der Waals surface area contributed by atoms with Crippen LogP contribution in [0.15, 0.2) is 83.5 Å². The molecular weight excluding hydrogens is 404 g/mol. The van der Waals surface area contributed by atoms with E-state index >= 15 is 0 Å². The Balaban J connectivity index is 1.41. The maximum Gasteiger partial charge on any atom is 0.119 e. The van der Waals surface area contributed by atoms with E-state index in [-0.39, 0.29) is 0 Å². The van der Waals surface area contributed by atoms with Gasteiger partial charge in [-0.05, 0) is 35.4 Å². The molecule has 136 valence electrons. The van der Waals surface area contributed by atoms with E-state index in [1.165, 1.54) is 0 Å². The summed E-state index contributed by atoms with van der Waals surface area (Å²) in [4.78, 5) is 0. The molecule has 0 unspecified atom stereocenters. The Morgan fingerprint density at radius 3 is 2.48 bits per heavy atom. The molecule has 1 aromatic heterocycles. The van der Waals surface area contributed by atoms with E-state index in [1.54, 1.807) is 4.68 Å². The van der Waals surface area contributed by atoms with Gasteiger partial charge in [-0.1, -0.05) is 64.5 Å². The molecule has 4 rings (SSSR count). The van der Waals surface area contributed by atoms with Crippen molar-refractivity contribution in [2.75, 3.05) is 0 Å². The van der Waals surface area contributed by atoms with E-state index in [0.29, 0.717) is 13.2 Å². The Morgan fingerprint density at radius 1 is 0.963 bits per heavy atom. The topological polar surface area (TPSA) is 47.3 Å². The van der Waals surface area contributed by atoms with Gasteiger partial charge in [-0.2, -0.15) is 5.10 Å². The maximum absolute atomic E-state index is 10.6. The smallest absolute Gasteiger partial charge is 0.119 e. The molecule has 3 aromatic carbocycles. The second-order valence-electron chi connectivity index (χ2n) is 6.38. The van der Waals surface area contributed by atoms with Gasteiger partial charge in [0.1, 0.15) is 12.4 Å². The number of ether oxygens (including phenoxy) is 1. The Labute approximate surface area is 166 Å². The molecule has 0 fully saturated rings. The lowest BCUT2D eigenvalue weighted by Gasteiger charge is -2.12. The summed E-state index contributed by atoms with van der Waals surface area (Å²) in [6.45, 7) is 0.919. The monoisotopic (exact) mass is 422 g/mol. The normalized spacial score (nSPS) is 12.2. The van der Waals surface area contributed by atoms with Gasteiger partial charge in [0.2, 0.25) is 0 Å². The molecule has 0 saturated carbocycles. The van der Waals surface area contributed by atoms with Crippen molar-refractivity contribution in [3.63, 3.8) is 0 Å². The summed E-state index contributed by atoms with van der Waals surface area (Å²) in [5, 5.41) is 16.1. The third kappa shape index (κ3) is 4.21. The van der Waals surface area contributed by atoms with Gasteiger partial charge in [-0.15, -0.1) is 0 Å². The average Bonchev–Trinajstić information content (AvgIpc) is 3.11. The second kappa shape index (κ2) is 7.94. The highest BCUT2D eigenvalue weighted by molar-refractivity contribution is 9.10. The van der Waals surface area contributed by atoms with Crippen LogP contribution in [0.2, 0.25) is 0 Å². The van der Waals surface area contributed by atoms with Gasteiger partial charge in [-0.25, -0.2) is 0 Å². The number of benzene rings is 3. The van der Waals surface area contributed by atoms with Crippen LogP contribution in [-0.4, -0.2) is 14.9 Å². The highest BCUT2D eigenvalue weighted by Gasteiger charge is 2.11. The summed E-state index contributed by atoms with van der Waals surface area (Å²) in [6.07, 6.45) is 1.31. The van der Waals surface area contributed by atoms with E-state index in [2.05, 4.69) is 21.0 Å². The molecule has 0 amide bonds. The molecule has 0 radical (unpaired) electrons. The van der Waals surface area contributed by atoms with Crippen LogP contribution in [-0.2, 0) is 13.2 Å².